The van der Waals surface area contributed by atoms with Crippen LogP contribution in [0.4, 0.5) is 0 Å². The van der Waals surface area contributed by atoms with Gasteiger partial charge in [0.15, 0.2) is 10.9 Å². The fraction of sp³-hybridized carbons (Fsp3) is 0.455. The van der Waals surface area contributed by atoms with Crippen molar-refractivity contribution in [3.63, 3.8) is 0 Å². The number of H-pyrrole nitrogens is 1. The van der Waals surface area contributed by atoms with E-state index in [2.05, 4.69) is 28.8 Å². The molecule has 1 saturated heterocycles. The van der Waals surface area contributed by atoms with E-state index in [0.717, 1.165) is 40.9 Å². The van der Waals surface area contributed by atoms with Gasteiger partial charge in [0.1, 0.15) is 18.5 Å². The summed E-state index contributed by atoms with van der Waals surface area (Å²) in [6.45, 7) is 6.98. The molecule has 3 aromatic rings. The smallest absolute Gasteiger partial charge is 0.197 e. The van der Waals surface area contributed by atoms with E-state index in [0.29, 0.717) is 18.4 Å². The third kappa shape index (κ3) is 5.38. The predicted molar refractivity (Wildman–Crippen MR) is 121 cm³/mol. The summed E-state index contributed by atoms with van der Waals surface area (Å²) in [4.78, 5) is 12.0. The molecule has 0 spiro atoms. The molecular formula is C22H27N3NaO4S. The summed E-state index contributed by atoms with van der Waals surface area (Å²) in [6.07, 6.45) is 3.20. The van der Waals surface area contributed by atoms with E-state index in [1.807, 2.05) is 37.3 Å². The number of nitrogens with zero attached hydrogens (tertiary/aromatic N) is 2. The molecule has 2 unspecified atom stereocenters. The molecule has 1 aliphatic rings. The first-order valence-electron chi connectivity index (χ1n) is 10.3. The average molecular weight is 453 g/mol. The van der Waals surface area contributed by atoms with Crippen LogP contribution in [0, 0.1) is 6.92 Å². The quantitative estimate of drug-likeness (QED) is 0.527. The monoisotopic (exact) mass is 452 g/mol. The standard InChI is InChI=1S/C22H27N3O4S.Na/c1-4-22(5-2)28-13-16(29-22)12-27-20-10-11-23-19(15(20)3)14-30(26)21-24-17-8-6-7-9-18(17)25-21;/h6-11,16H,4-5,12-14H2,1-3H3,(H,24,25);. The van der Waals surface area contributed by atoms with Crippen LogP contribution in [-0.2, 0) is 26.0 Å². The van der Waals surface area contributed by atoms with Gasteiger partial charge in [-0.25, -0.2) is 4.98 Å². The van der Waals surface area contributed by atoms with Gasteiger partial charge in [0.05, 0.1) is 39.9 Å². The van der Waals surface area contributed by atoms with Crippen molar-refractivity contribution >= 4 is 51.4 Å². The maximum absolute atomic E-state index is 12.9. The Balaban J connectivity index is 0.00000272. The van der Waals surface area contributed by atoms with E-state index in [1.54, 1.807) is 6.20 Å². The molecule has 0 aliphatic carbocycles. The van der Waals surface area contributed by atoms with Gasteiger partial charge < -0.3 is 19.2 Å². The molecule has 1 fully saturated rings. The van der Waals surface area contributed by atoms with Crippen molar-refractivity contribution in [3.8, 4) is 5.75 Å². The van der Waals surface area contributed by atoms with Gasteiger partial charge in [0, 0.05) is 41.3 Å². The average Bonchev–Trinajstić information content (AvgIpc) is 3.39. The summed E-state index contributed by atoms with van der Waals surface area (Å²) >= 11 is 0. The van der Waals surface area contributed by atoms with Crippen molar-refractivity contribution < 1.29 is 18.4 Å². The maximum atomic E-state index is 12.9. The number of ether oxygens (including phenoxy) is 3. The molecule has 0 saturated carbocycles. The van der Waals surface area contributed by atoms with Gasteiger partial charge in [0.25, 0.3) is 0 Å². The summed E-state index contributed by atoms with van der Waals surface area (Å²) in [5.41, 5.74) is 3.28. The van der Waals surface area contributed by atoms with Gasteiger partial charge in [-0.15, -0.1) is 0 Å². The molecule has 9 heteroatoms. The van der Waals surface area contributed by atoms with Crippen LogP contribution in [0.25, 0.3) is 11.0 Å². The van der Waals surface area contributed by atoms with Crippen LogP contribution in [0.5, 0.6) is 5.75 Å². The Morgan fingerprint density at radius 1 is 1.26 bits per heavy atom. The van der Waals surface area contributed by atoms with Crippen LogP contribution >= 0.6 is 0 Å². The normalized spacial score (nSPS) is 18.6. The van der Waals surface area contributed by atoms with E-state index < -0.39 is 16.6 Å². The molecule has 2 aromatic heterocycles. The fourth-order valence-electron chi connectivity index (χ4n) is 3.59. The van der Waals surface area contributed by atoms with Gasteiger partial charge in [0.2, 0.25) is 0 Å². The number of nitrogens with one attached hydrogen (secondary N) is 1. The van der Waals surface area contributed by atoms with E-state index in [-0.39, 0.29) is 41.4 Å². The molecule has 1 aromatic carbocycles. The molecule has 31 heavy (non-hydrogen) atoms. The summed E-state index contributed by atoms with van der Waals surface area (Å²) in [6, 6.07) is 9.47. The van der Waals surface area contributed by atoms with Crippen molar-refractivity contribution in [2.75, 3.05) is 13.2 Å². The molecule has 2 atom stereocenters. The number of para-hydroxylation sites is 2. The zero-order valence-electron chi connectivity index (χ0n) is 18.5. The molecule has 1 radical (unpaired) electrons. The minimum atomic E-state index is -1.33. The predicted octanol–water partition coefficient (Wildman–Crippen LogP) is 3.50. The molecule has 7 nitrogen and oxygen atoms in total. The number of hydrogen-bond donors (Lipinski definition) is 1. The number of fused-ring (bicyclic) bond motifs is 1. The van der Waals surface area contributed by atoms with Gasteiger partial charge in [-0.1, -0.05) is 26.0 Å². The topological polar surface area (TPSA) is 86.3 Å². The second kappa shape index (κ2) is 10.6. The molecule has 3 heterocycles. The summed E-state index contributed by atoms with van der Waals surface area (Å²) < 4.78 is 30.8. The van der Waals surface area contributed by atoms with E-state index in [1.165, 1.54) is 0 Å². The number of hydrogen-bond acceptors (Lipinski definition) is 6. The first-order valence-corrected chi connectivity index (χ1v) is 11.6. The zero-order chi connectivity index (χ0) is 21.1. The van der Waals surface area contributed by atoms with Crippen molar-refractivity contribution in [2.24, 2.45) is 0 Å². The second-order valence-corrected chi connectivity index (χ2v) is 8.78. The Morgan fingerprint density at radius 3 is 2.74 bits per heavy atom. The molecular weight excluding hydrogens is 425 g/mol. The van der Waals surface area contributed by atoms with Gasteiger partial charge in [-0.3, -0.25) is 9.19 Å². The number of aromatic amines is 1. The second-order valence-electron chi connectivity index (χ2n) is 7.41. The summed E-state index contributed by atoms with van der Waals surface area (Å²) in [5, 5.41) is 0.454. The Labute approximate surface area is 207 Å². The van der Waals surface area contributed by atoms with E-state index in [4.69, 9.17) is 14.2 Å². The maximum Gasteiger partial charge on any atom is 0.197 e. The molecule has 161 valence electrons. The zero-order valence-corrected chi connectivity index (χ0v) is 21.3. The molecule has 0 bridgehead atoms. The first kappa shape index (κ1) is 24.4. The van der Waals surface area contributed by atoms with Crippen LogP contribution < -0.4 is 4.74 Å². The Hall–Kier alpha value is -1.29. The van der Waals surface area contributed by atoms with Crippen LogP contribution in [0.2, 0.25) is 0 Å². The Kier molecular flexibility index (Phi) is 8.29. The number of benzene rings is 1. The van der Waals surface area contributed by atoms with Crippen LogP contribution in [0.15, 0.2) is 41.7 Å². The number of imidazole rings is 1. The van der Waals surface area contributed by atoms with Crippen LogP contribution in [-0.4, -0.2) is 73.8 Å². The van der Waals surface area contributed by atoms with E-state index >= 15 is 0 Å². The van der Waals surface area contributed by atoms with Gasteiger partial charge in [-0.05, 0) is 38.0 Å². The first-order chi connectivity index (χ1) is 14.5. The van der Waals surface area contributed by atoms with Crippen molar-refractivity contribution in [1.29, 1.82) is 0 Å². The largest absolute Gasteiger partial charge is 0.490 e. The summed E-state index contributed by atoms with van der Waals surface area (Å²) in [5.74, 6) is 0.493. The van der Waals surface area contributed by atoms with E-state index in [9.17, 15) is 4.21 Å². The molecule has 1 N–H and O–H groups in total. The van der Waals surface area contributed by atoms with Crippen molar-refractivity contribution in [3.05, 3.63) is 47.8 Å². The third-order valence-electron chi connectivity index (χ3n) is 5.53. The third-order valence-corrected chi connectivity index (χ3v) is 6.69. The van der Waals surface area contributed by atoms with Crippen LogP contribution in [0.1, 0.15) is 37.9 Å². The van der Waals surface area contributed by atoms with Gasteiger partial charge >= 0.3 is 0 Å². The Morgan fingerprint density at radius 2 is 2.03 bits per heavy atom. The SMILES string of the molecule is CCC1(CC)OCC(COc2ccnc(CS(=O)c3nc4ccccc4[nH]3)c2C)O1.[Na]. The van der Waals surface area contributed by atoms with Crippen molar-refractivity contribution in [2.45, 2.75) is 56.4 Å². The number of aromatic nitrogens is 3. The Bertz CT molecular complexity index is 1020. The molecule has 4 rings (SSSR count). The van der Waals surface area contributed by atoms with Gasteiger partial charge in [-0.2, -0.15) is 0 Å². The molecule has 0 amide bonds. The van der Waals surface area contributed by atoms with Crippen LogP contribution in [0.3, 0.4) is 0 Å². The minimum absolute atomic E-state index is 0. The minimum Gasteiger partial charge on any atom is -0.490 e. The number of pyridine rings is 1. The fourth-order valence-corrected chi connectivity index (χ4v) is 4.69. The molecule has 1 aliphatic heterocycles. The summed E-state index contributed by atoms with van der Waals surface area (Å²) in [7, 11) is -1.33. The number of rotatable bonds is 8. The van der Waals surface area contributed by atoms with Crippen molar-refractivity contribution in [1.82, 2.24) is 15.0 Å².